The highest BCUT2D eigenvalue weighted by atomic mass is 16.5. The molecule has 2 aromatic rings. The lowest BCUT2D eigenvalue weighted by atomic mass is 9.96. The van der Waals surface area contributed by atoms with Crippen LogP contribution in [0.1, 0.15) is 46.3 Å². The minimum absolute atomic E-state index is 0.0394. The summed E-state index contributed by atoms with van der Waals surface area (Å²) < 4.78 is 7.75. The Labute approximate surface area is 159 Å². The van der Waals surface area contributed by atoms with Crippen molar-refractivity contribution in [3.63, 3.8) is 0 Å². The summed E-state index contributed by atoms with van der Waals surface area (Å²) in [5.74, 6) is 3.03. The smallest absolute Gasteiger partial charge is 0.257 e. The van der Waals surface area contributed by atoms with Gasteiger partial charge in [-0.1, -0.05) is 12.1 Å². The van der Waals surface area contributed by atoms with Gasteiger partial charge in [0.2, 0.25) is 0 Å². The topological polar surface area (TPSA) is 72.3 Å². The number of carbonyl (C=O) groups is 1. The van der Waals surface area contributed by atoms with Crippen molar-refractivity contribution in [2.24, 2.45) is 0 Å². The van der Waals surface area contributed by atoms with Gasteiger partial charge in [0.1, 0.15) is 17.4 Å². The maximum atomic E-state index is 13.2. The highest BCUT2D eigenvalue weighted by molar-refractivity contribution is 5.97. The number of amides is 1. The molecule has 27 heavy (non-hydrogen) atoms. The number of nitrogens with one attached hydrogen (secondary N) is 1. The largest absolute Gasteiger partial charge is 0.496 e. The molecule has 7 nitrogen and oxygen atoms in total. The summed E-state index contributed by atoms with van der Waals surface area (Å²) in [6, 6.07) is 5.73. The van der Waals surface area contributed by atoms with E-state index in [0.717, 1.165) is 62.7 Å². The van der Waals surface area contributed by atoms with Gasteiger partial charge in [-0.05, 0) is 31.4 Å². The molecule has 1 fully saturated rings. The molecule has 2 aliphatic heterocycles. The maximum absolute atomic E-state index is 13.2. The molecule has 4 rings (SSSR count). The lowest BCUT2D eigenvalue weighted by Gasteiger charge is -2.33. The molecule has 144 valence electrons. The van der Waals surface area contributed by atoms with Gasteiger partial charge in [0.25, 0.3) is 5.91 Å². The number of piperidine rings is 1. The Hall–Kier alpha value is -2.41. The second-order valence-electron chi connectivity index (χ2n) is 7.37. The van der Waals surface area contributed by atoms with E-state index in [0.29, 0.717) is 17.9 Å². The molecule has 1 unspecified atom stereocenters. The molecule has 7 heteroatoms. The van der Waals surface area contributed by atoms with Gasteiger partial charge in [-0.3, -0.25) is 4.79 Å². The van der Waals surface area contributed by atoms with Crippen LogP contribution in [0.4, 0.5) is 0 Å². The first-order chi connectivity index (χ1) is 13.2. The molecule has 1 aromatic carbocycles. The molecular weight excluding hydrogens is 342 g/mol. The monoisotopic (exact) mass is 369 g/mol. The minimum Gasteiger partial charge on any atom is -0.496 e. The summed E-state index contributed by atoms with van der Waals surface area (Å²) in [6.07, 6.45) is 2.92. The molecule has 0 radical (unpaired) electrons. The van der Waals surface area contributed by atoms with E-state index in [9.17, 15) is 4.79 Å². The molecule has 1 aromatic heterocycles. The molecule has 0 saturated carbocycles. The number of likely N-dealkylation sites (tertiary alicyclic amines) is 1. The molecule has 3 heterocycles. The standard InChI is InChI=1S/C20H27N5O2/c1-14-5-3-7-16(18(14)27-2)20(26)24-11-4-6-15(13-24)19-23-22-17-8-9-21-10-12-25(17)19/h3,5,7,15,21H,4,6,8-13H2,1-2H3. The van der Waals surface area contributed by atoms with Gasteiger partial charge in [-0.2, -0.15) is 0 Å². The fourth-order valence-corrected chi connectivity index (χ4v) is 4.23. The molecular formula is C20H27N5O2. The Balaban J connectivity index is 1.56. The van der Waals surface area contributed by atoms with Gasteiger partial charge in [0, 0.05) is 45.1 Å². The van der Waals surface area contributed by atoms with Crippen molar-refractivity contribution in [3.05, 3.63) is 41.0 Å². The molecule has 0 aliphatic carbocycles. The number of aryl methyl sites for hydroxylation is 1. The Morgan fingerprint density at radius 3 is 3.00 bits per heavy atom. The summed E-state index contributed by atoms with van der Waals surface area (Å²) in [7, 11) is 1.62. The van der Waals surface area contributed by atoms with Gasteiger partial charge in [0.05, 0.1) is 12.7 Å². The number of fused-ring (bicyclic) bond motifs is 1. The van der Waals surface area contributed by atoms with Crippen molar-refractivity contribution < 1.29 is 9.53 Å². The number of para-hydroxylation sites is 1. The van der Waals surface area contributed by atoms with Crippen molar-refractivity contribution in [3.8, 4) is 5.75 Å². The zero-order valence-electron chi connectivity index (χ0n) is 16.1. The number of methoxy groups -OCH3 is 1. The van der Waals surface area contributed by atoms with E-state index in [1.165, 1.54) is 0 Å². The molecule has 1 atom stereocenters. The van der Waals surface area contributed by atoms with Crippen molar-refractivity contribution in [1.29, 1.82) is 0 Å². The molecule has 1 saturated heterocycles. The van der Waals surface area contributed by atoms with Crippen molar-refractivity contribution in [2.75, 3.05) is 33.3 Å². The maximum Gasteiger partial charge on any atom is 0.257 e. The number of hydrogen-bond donors (Lipinski definition) is 1. The number of hydrogen-bond acceptors (Lipinski definition) is 5. The third-order valence-corrected chi connectivity index (χ3v) is 5.61. The Bertz CT molecular complexity index is 832. The summed E-state index contributed by atoms with van der Waals surface area (Å²) >= 11 is 0. The Morgan fingerprint density at radius 1 is 1.26 bits per heavy atom. The van der Waals surface area contributed by atoms with Crippen molar-refractivity contribution in [1.82, 2.24) is 25.0 Å². The van der Waals surface area contributed by atoms with E-state index in [4.69, 9.17) is 4.74 Å². The first-order valence-electron chi connectivity index (χ1n) is 9.74. The van der Waals surface area contributed by atoms with Crippen LogP contribution in [0, 0.1) is 6.92 Å². The van der Waals surface area contributed by atoms with Crippen LogP contribution in [0.2, 0.25) is 0 Å². The Morgan fingerprint density at radius 2 is 2.15 bits per heavy atom. The average molecular weight is 369 g/mol. The highest BCUT2D eigenvalue weighted by Gasteiger charge is 2.31. The van der Waals surface area contributed by atoms with E-state index >= 15 is 0 Å². The SMILES string of the molecule is COc1c(C)cccc1C(=O)N1CCCC(c2nnc3n2CCNCC3)C1. The van der Waals surface area contributed by atoms with E-state index in [1.807, 2.05) is 30.0 Å². The van der Waals surface area contributed by atoms with Crippen LogP contribution in [-0.4, -0.2) is 58.9 Å². The number of ether oxygens (including phenoxy) is 1. The van der Waals surface area contributed by atoms with Gasteiger partial charge in [-0.25, -0.2) is 0 Å². The number of benzene rings is 1. The summed E-state index contributed by atoms with van der Waals surface area (Å²) in [5, 5.41) is 12.3. The number of nitrogens with zero attached hydrogens (tertiary/aromatic N) is 4. The Kier molecular flexibility index (Phi) is 5.11. The van der Waals surface area contributed by atoms with E-state index < -0.39 is 0 Å². The first-order valence-corrected chi connectivity index (χ1v) is 9.74. The van der Waals surface area contributed by atoms with Crippen LogP contribution in [0.15, 0.2) is 18.2 Å². The predicted octanol–water partition coefficient (Wildman–Crippen LogP) is 1.76. The quantitative estimate of drug-likeness (QED) is 0.893. The van der Waals surface area contributed by atoms with E-state index in [-0.39, 0.29) is 11.8 Å². The normalized spacial score (nSPS) is 20.1. The molecule has 1 N–H and O–H groups in total. The third kappa shape index (κ3) is 3.43. The lowest BCUT2D eigenvalue weighted by molar-refractivity contribution is 0.0699. The predicted molar refractivity (Wildman–Crippen MR) is 102 cm³/mol. The fraction of sp³-hybridized carbons (Fsp3) is 0.550. The van der Waals surface area contributed by atoms with E-state index in [2.05, 4.69) is 20.1 Å². The summed E-state index contributed by atoms with van der Waals surface area (Å²) in [6.45, 7) is 6.20. The van der Waals surface area contributed by atoms with Crippen LogP contribution in [0.5, 0.6) is 5.75 Å². The van der Waals surface area contributed by atoms with Crippen molar-refractivity contribution >= 4 is 5.91 Å². The second kappa shape index (κ2) is 7.68. The number of carbonyl (C=O) groups excluding carboxylic acids is 1. The fourth-order valence-electron chi connectivity index (χ4n) is 4.23. The molecule has 0 bridgehead atoms. The van der Waals surface area contributed by atoms with Crippen LogP contribution in [-0.2, 0) is 13.0 Å². The molecule has 2 aliphatic rings. The van der Waals surface area contributed by atoms with Gasteiger partial charge < -0.3 is 19.5 Å². The number of rotatable bonds is 3. The van der Waals surface area contributed by atoms with Crippen LogP contribution in [0.25, 0.3) is 0 Å². The zero-order valence-corrected chi connectivity index (χ0v) is 16.1. The van der Waals surface area contributed by atoms with Crippen LogP contribution >= 0.6 is 0 Å². The third-order valence-electron chi connectivity index (χ3n) is 5.61. The van der Waals surface area contributed by atoms with Crippen LogP contribution in [0.3, 0.4) is 0 Å². The number of aromatic nitrogens is 3. The van der Waals surface area contributed by atoms with E-state index in [1.54, 1.807) is 7.11 Å². The van der Waals surface area contributed by atoms with Crippen molar-refractivity contribution in [2.45, 2.75) is 38.6 Å². The lowest BCUT2D eigenvalue weighted by Crippen LogP contribution is -2.40. The minimum atomic E-state index is 0.0394. The zero-order chi connectivity index (χ0) is 18.8. The van der Waals surface area contributed by atoms with Gasteiger partial charge in [-0.15, -0.1) is 10.2 Å². The first kappa shape index (κ1) is 18.0. The van der Waals surface area contributed by atoms with Crippen LogP contribution < -0.4 is 10.1 Å². The average Bonchev–Trinajstić information content (AvgIpc) is 2.95. The molecule has 0 spiro atoms. The summed E-state index contributed by atoms with van der Waals surface area (Å²) in [4.78, 5) is 15.1. The molecule has 1 amide bonds. The highest BCUT2D eigenvalue weighted by Crippen LogP contribution is 2.30. The second-order valence-corrected chi connectivity index (χ2v) is 7.37. The van der Waals surface area contributed by atoms with Gasteiger partial charge in [0.15, 0.2) is 0 Å². The summed E-state index contributed by atoms with van der Waals surface area (Å²) in [5.41, 5.74) is 1.62. The van der Waals surface area contributed by atoms with Gasteiger partial charge >= 0.3 is 0 Å².